The van der Waals surface area contributed by atoms with Crippen molar-refractivity contribution in [2.24, 2.45) is 0 Å². The Bertz CT molecular complexity index is 926. The number of nitrogens with one attached hydrogen (secondary N) is 1. The first-order valence-corrected chi connectivity index (χ1v) is 9.98. The Morgan fingerprint density at radius 1 is 1.14 bits per heavy atom. The topological polar surface area (TPSA) is 56.2 Å². The number of benzene rings is 2. The molecule has 2 aromatic carbocycles. The number of para-hydroxylation sites is 2. The van der Waals surface area contributed by atoms with Crippen molar-refractivity contribution >= 4 is 16.9 Å². The average molecular weight is 380 g/mol. The summed E-state index contributed by atoms with van der Waals surface area (Å²) in [6.45, 7) is 8.13. The zero-order valence-electron chi connectivity index (χ0n) is 17.0. The van der Waals surface area contributed by atoms with Gasteiger partial charge in [0.25, 0.3) is 0 Å². The van der Waals surface area contributed by atoms with Crippen LogP contribution in [0.15, 0.2) is 42.5 Å². The van der Waals surface area contributed by atoms with Gasteiger partial charge in [0.2, 0.25) is 5.91 Å². The highest BCUT2D eigenvalue weighted by Gasteiger charge is 2.10. The number of nitrogens with zero attached hydrogens (tertiary/aromatic N) is 2. The maximum Gasteiger partial charge on any atom is 0.219 e. The molecule has 5 nitrogen and oxygen atoms in total. The molecule has 1 N–H and O–H groups in total. The Morgan fingerprint density at radius 3 is 2.64 bits per heavy atom. The fraction of sp³-hybridized carbons (Fsp3) is 0.391. The van der Waals surface area contributed by atoms with E-state index in [2.05, 4.69) is 48.0 Å². The number of fused-ring (bicyclic) bond motifs is 1. The lowest BCUT2D eigenvalue weighted by Gasteiger charge is -2.11. The molecule has 3 aromatic rings. The first kappa shape index (κ1) is 19.9. The molecule has 0 saturated carbocycles. The molecular weight excluding hydrogens is 350 g/mol. The van der Waals surface area contributed by atoms with Crippen molar-refractivity contribution in [2.75, 3.05) is 13.2 Å². The molecule has 3 rings (SSSR count). The first-order valence-electron chi connectivity index (χ1n) is 9.98. The number of rotatable bonds is 9. The second-order valence-electron chi connectivity index (χ2n) is 7.15. The maximum absolute atomic E-state index is 11.5. The van der Waals surface area contributed by atoms with Crippen LogP contribution in [0.3, 0.4) is 0 Å². The van der Waals surface area contributed by atoms with Gasteiger partial charge in [-0.2, -0.15) is 0 Å². The highest BCUT2D eigenvalue weighted by Crippen LogP contribution is 2.19. The van der Waals surface area contributed by atoms with E-state index in [1.807, 2.05) is 25.1 Å². The molecule has 148 valence electrons. The standard InChI is InChI=1S/C23H29N3O2/c1-4-23(27)24-11-10-22-25-20-8-5-6-9-21(20)26(22)12-7-13-28-19-15-17(2)14-18(3)16-19/h5-6,8-9,14-16H,4,7,10-13H2,1-3H3,(H,24,27). The van der Waals surface area contributed by atoms with Gasteiger partial charge in [0, 0.05) is 25.9 Å². The molecular formula is C23H29N3O2. The summed E-state index contributed by atoms with van der Waals surface area (Å²) in [6.07, 6.45) is 2.12. The zero-order chi connectivity index (χ0) is 19.9. The quantitative estimate of drug-likeness (QED) is 0.567. The lowest BCUT2D eigenvalue weighted by molar-refractivity contribution is -0.120. The molecule has 0 aliphatic rings. The second-order valence-corrected chi connectivity index (χ2v) is 7.15. The molecule has 1 aromatic heterocycles. The second kappa shape index (κ2) is 9.40. The van der Waals surface area contributed by atoms with Crippen LogP contribution in [-0.2, 0) is 17.8 Å². The van der Waals surface area contributed by atoms with Crippen molar-refractivity contribution in [3.05, 3.63) is 59.4 Å². The molecule has 0 radical (unpaired) electrons. The van der Waals surface area contributed by atoms with Crippen LogP contribution in [0.2, 0.25) is 0 Å². The van der Waals surface area contributed by atoms with Crippen molar-refractivity contribution in [2.45, 2.75) is 46.6 Å². The van der Waals surface area contributed by atoms with Crippen molar-refractivity contribution in [3.8, 4) is 5.75 Å². The van der Waals surface area contributed by atoms with Crippen LogP contribution in [0.1, 0.15) is 36.7 Å². The molecule has 0 unspecified atom stereocenters. The van der Waals surface area contributed by atoms with E-state index < -0.39 is 0 Å². The molecule has 5 heteroatoms. The fourth-order valence-corrected chi connectivity index (χ4v) is 3.43. The van der Waals surface area contributed by atoms with Crippen LogP contribution in [0.4, 0.5) is 0 Å². The number of amides is 1. The molecule has 0 spiro atoms. The summed E-state index contributed by atoms with van der Waals surface area (Å²) in [4.78, 5) is 16.3. The Balaban J connectivity index is 1.63. The van der Waals surface area contributed by atoms with Crippen LogP contribution in [-0.4, -0.2) is 28.6 Å². The molecule has 0 atom stereocenters. The number of aryl methyl sites for hydroxylation is 3. The lowest BCUT2D eigenvalue weighted by atomic mass is 10.1. The van der Waals surface area contributed by atoms with Crippen molar-refractivity contribution in [1.82, 2.24) is 14.9 Å². The maximum atomic E-state index is 11.5. The van der Waals surface area contributed by atoms with Crippen molar-refractivity contribution in [3.63, 3.8) is 0 Å². The zero-order valence-corrected chi connectivity index (χ0v) is 17.0. The molecule has 0 fully saturated rings. The van der Waals surface area contributed by atoms with Crippen LogP contribution < -0.4 is 10.1 Å². The van der Waals surface area contributed by atoms with Gasteiger partial charge < -0.3 is 14.6 Å². The largest absolute Gasteiger partial charge is 0.494 e. The number of carbonyl (C=O) groups is 1. The van der Waals surface area contributed by atoms with Crippen LogP contribution >= 0.6 is 0 Å². The van der Waals surface area contributed by atoms with Gasteiger partial charge in [-0.05, 0) is 55.7 Å². The summed E-state index contributed by atoms with van der Waals surface area (Å²) in [5, 5.41) is 2.93. The van der Waals surface area contributed by atoms with Gasteiger partial charge in [-0.15, -0.1) is 0 Å². The van der Waals surface area contributed by atoms with E-state index >= 15 is 0 Å². The Morgan fingerprint density at radius 2 is 1.89 bits per heavy atom. The molecule has 1 amide bonds. The summed E-state index contributed by atoms with van der Waals surface area (Å²) >= 11 is 0. The summed E-state index contributed by atoms with van der Waals surface area (Å²) in [5.41, 5.74) is 4.55. The van der Waals surface area contributed by atoms with Crippen molar-refractivity contribution in [1.29, 1.82) is 0 Å². The molecule has 0 aliphatic carbocycles. The molecule has 28 heavy (non-hydrogen) atoms. The van der Waals surface area contributed by atoms with E-state index in [9.17, 15) is 4.79 Å². The Kier molecular flexibility index (Phi) is 6.69. The summed E-state index contributed by atoms with van der Waals surface area (Å²) in [5.74, 6) is 2.00. The Labute approximate surface area is 166 Å². The van der Waals surface area contributed by atoms with Gasteiger partial charge in [-0.1, -0.05) is 25.1 Å². The minimum absolute atomic E-state index is 0.0736. The van der Waals surface area contributed by atoms with E-state index in [1.165, 1.54) is 11.1 Å². The monoisotopic (exact) mass is 379 g/mol. The minimum atomic E-state index is 0.0736. The predicted octanol–water partition coefficient (Wildman–Crippen LogP) is 4.19. The van der Waals surface area contributed by atoms with Gasteiger partial charge in [0.05, 0.1) is 17.6 Å². The Hall–Kier alpha value is -2.82. The van der Waals surface area contributed by atoms with E-state index in [0.717, 1.165) is 42.0 Å². The van der Waals surface area contributed by atoms with Gasteiger partial charge in [0.1, 0.15) is 11.6 Å². The number of aromatic nitrogens is 2. The van der Waals surface area contributed by atoms with Crippen molar-refractivity contribution < 1.29 is 9.53 Å². The van der Waals surface area contributed by atoms with Crippen LogP contribution in [0.25, 0.3) is 11.0 Å². The van der Waals surface area contributed by atoms with E-state index in [1.54, 1.807) is 0 Å². The SMILES string of the molecule is CCC(=O)NCCc1nc2ccccc2n1CCCOc1cc(C)cc(C)c1. The molecule has 1 heterocycles. The van der Waals surface area contributed by atoms with Gasteiger partial charge in [-0.3, -0.25) is 4.79 Å². The summed E-state index contributed by atoms with van der Waals surface area (Å²) in [7, 11) is 0. The molecule has 0 bridgehead atoms. The number of hydrogen-bond donors (Lipinski definition) is 1. The highest BCUT2D eigenvalue weighted by atomic mass is 16.5. The molecule has 0 saturated heterocycles. The van der Waals surface area contributed by atoms with E-state index in [-0.39, 0.29) is 5.91 Å². The predicted molar refractivity (Wildman–Crippen MR) is 113 cm³/mol. The fourth-order valence-electron chi connectivity index (χ4n) is 3.43. The number of imidazole rings is 1. The average Bonchev–Trinajstić information content (AvgIpc) is 3.02. The van der Waals surface area contributed by atoms with Crippen LogP contribution in [0, 0.1) is 13.8 Å². The van der Waals surface area contributed by atoms with E-state index in [4.69, 9.17) is 9.72 Å². The number of carbonyl (C=O) groups excluding carboxylic acids is 1. The third-order valence-corrected chi connectivity index (χ3v) is 4.72. The minimum Gasteiger partial charge on any atom is -0.494 e. The highest BCUT2D eigenvalue weighted by molar-refractivity contribution is 5.76. The number of hydrogen-bond acceptors (Lipinski definition) is 3. The molecule has 0 aliphatic heterocycles. The summed E-state index contributed by atoms with van der Waals surface area (Å²) in [6, 6.07) is 14.5. The van der Waals surface area contributed by atoms with Gasteiger partial charge >= 0.3 is 0 Å². The lowest BCUT2D eigenvalue weighted by Crippen LogP contribution is -2.25. The first-order chi connectivity index (χ1) is 13.6. The van der Waals surface area contributed by atoms with Gasteiger partial charge in [-0.25, -0.2) is 4.98 Å². The van der Waals surface area contributed by atoms with Gasteiger partial charge in [0.15, 0.2) is 0 Å². The normalized spacial score (nSPS) is 11.0. The smallest absolute Gasteiger partial charge is 0.219 e. The van der Waals surface area contributed by atoms with Crippen LogP contribution in [0.5, 0.6) is 5.75 Å². The third-order valence-electron chi connectivity index (χ3n) is 4.72. The third kappa shape index (κ3) is 5.12. The summed E-state index contributed by atoms with van der Waals surface area (Å²) < 4.78 is 8.20. The number of ether oxygens (including phenoxy) is 1. The van der Waals surface area contributed by atoms with E-state index in [0.29, 0.717) is 19.6 Å².